The van der Waals surface area contributed by atoms with E-state index in [0.29, 0.717) is 4.90 Å². The standard InChI is InChI=1S/C11H20N2O8/c1-4(16)13(5(2-14)11(19)20)10-7(12)9(18)8(17)6(3-15)21-10/h5-10,14-15,17-18H,2-3,12H2,1H3,(H,19,20)/t5-,6-,7-,8-,9-,10?/m0/s1. The maximum absolute atomic E-state index is 11.7. The molecule has 0 aliphatic carbocycles. The zero-order valence-electron chi connectivity index (χ0n) is 11.4. The number of nitrogens with two attached hydrogens (primary N) is 1. The topological polar surface area (TPSA) is 174 Å². The number of hydrogen-bond donors (Lipinski definition) is 6. The van der Waals surface area contributed by atoms with E-state index in [1.165, 1.54) is 0 Å². The van der Waals surface area contributed by atoms with Crippen LogP contribution in [0.1, 0.15) is 6.92 Å². The van der Waals surface area contributed by atoms with Gasteiger partial charge in [-0.25, -0.2) is 4.79 Å². The molecule has 0 bridgehead atoms. The van der Waals surface area contributed by atoms with Gasteiger partial charge in [-0.2, -0.15) is 0 Å². The average molecular weight is 308 g/mol. The van der Waals surface area contributed by atoms with Gasteiger partial charge in [-0.15, -0.1) is 0 Å². The van der Waals surface area contributed by atoms with Crippen molar-refractivity contribution in [1.82, 2.24) is 4.90 Å². The Balaban J connectivity index is 3.11. The Kier molecular flexibility index (Phi) is 6.01. The van der Waals surface area contributed by atoms with E-state index < -0.39 is 61.7 Å². The fourth-order valence-electron chi connectivity index (χ4n) is 2.23. The van der Waals surface area contributed by atoms with E-state index >= 15 is 0 Å². The molecule has 0 aromatic carbocycles. The summed E-state index contributed by atoms with van der Waals surface area (Å²) in [6.07, 6.45) is -5.66. The van der Waals surface area contributed by atoms with E-state index in [0.717, 1.165) is 6.92 Å². The number of carbonyl (C=O) groups is 2. The molecule has 0 radical (unpaired) electrons. The van der Waals surface area contributed by atoms with Crippen molar-refractivity contribution in [3.05, 3.63) is 0 Å². The first-order valence-corrected chi connectivity index (χ1v) is 6.26. The first kappa shape index (κ1) is 17.8. The lowest BCUT2D eigenvalue weighted by Gasteiger charge is -2.46. The van der Waals surface area contributed by atoms with Crippen molar-refractivity contribution in [2.45, 2.75) is 43.5 Å². The van der Waals surface area contributed by atoms with E-state index in [1.54, 1.807) is 0 Å². The summed E-state index contributed by atoms with van der Waals surface area (Å²) in [6.45, 7) is -0.499. The molecule has 1 unspecified atom stereocenters. The van der Waals surface area contributed by atoms with Crippen molar-refractivity contribution in [2.75, 3.05) is 13.2 Å². The van der Waals surface area contributed by atoms with Gasteiger partial charge in [0.25, 0.3) is 0 Å². The minimum Gasteiger partial charge on any atom is -0.480 e. The van der Waals surface area contributed by atoms with Crippen LogP contribution in [0.4, 0.5) is 0 Å². The van der Waals surface area contributed by atoms with Crippen LogP contribution in [-0.2, 0) is 14.3 Å². The van der Waals surface area contributed by atoms with Crippen LogP contribution >= 0.6 is 0 Å². The van der Waals surface area contributed by atoms with Gasteiger partial charge in [-0.1, -0.05) is 0 Å². The molecule has 10 nitrogen and oxygen atoms in total. The molecule has 0 aromatic rings. The summed E-state index contributed by atoms with van der Waals surface area (Å²) in [7, 11) is 0. The van der Waals surface area contributed by atoms with Gasteiger partial charge in [-0.05, 0) is 0 Å². The molecular formula is C11H20N2O8. The predicted octanol–water partition coefficient (Wildman–Crippen LogP) is -3.95. The summed E-state index contributed by atoms with van der Waals surface area (Å²) in [5, 5.41) is 46.8. The van der Waals surface area contributed by atoms with Gasteiger partial charge >= 0.3 is 5.97 Å². The number of carbonyl (C=O) groups excluding carboxylic acids is 1. The Hall–Kier alpha value is -1.30. The third kappa shape index (κ3) is 3.48. The second-order valence-electron chi connectivity index (χ2n) is 4.77. The van der Waals surface area contributed by atoms with Crippen LogP contribution in [0.5, 0.6) is 0 Å². The van der Waals surface area contributed by atoms with Crippen molar-refractivity contribution in [3.8, 4) is 0 Å². The third-order valence-corrected chi connectivity index (χ3v) is 3.38. The first-order valence-electron chi connectivity index (χ1n) is 6.26. The molecule has 1 rings (SSSR count). The number of aliphatic hydroxyl groups excluding tert-OH is 4. The van der Waals surface area contributed by atoms with Gasteiger partial charge in [0, 0.05) is 6.92 Å². The molecule has 1 saturated heterocycles. The van der Waals surface area contributed by atoms with Crippen LogP contribution < -0.4 is 5.73 Å². The normalized spacial score (nSPS) is 34.3. The second kappa shape index (κ2) is 7.11. The number of hydrogen-bond acceptors (Lipinski definition) is 8. The monoisotopic (exact) mass is 308 g/mol. The van der Waals surface area contributed by atoms with E-state index in [2.05, 4.69) is 0 Å². The highest BCUT2D eigenvalue weighted by molar-refractivity contribution is 5.82. The SMILES string of the molecule is CC(=O)N(C1O[C@@H](CO)[C@H](O)[C@@H](O)[C@@H]1N)[C@@H](CO)C(=O)O. The van der Waals surface area contributed by atoms with E-state index in [1.807, 2.05) is 0 Å². The fraction of sp³-hybridized carbons (Fsp3) is 0.818. The summed E-state index contributed by atoms with van der Waals surface area (Å²) in [5.41, 5.74) is 5.68. The third-order valence-electron chi connectivity index (χ3n) is 3.38. The number of amides is 1. The number of carboxylic acids is 1. The summed E-state index contributed by atoms with van der Waals surface area (Å²) in [5.74, 6) is -2.23. The number of nitrogens with zero attached hydrogens (tertiary/aromatic N) is 1. The van der Waals surface area contributed by atoms with Crippen LogP contribution in [0.2, 0.25) is 0 Å². The van der Waals surface area contributed by atoms with E-state index in [9.17, 15) is 19.8 Å². The van der Waals surface area contributed by atoms with Gasteiger partial charge in [0.15, 0.2) is 12.3 Å². The van der Waals surface area contributed by atoms with Gasteiger partial charge in [0.1, 0.15) is 18.3 Å². The largest absolute Gasteiger partial charge is 0.480 e. The van der Waals surface area contributed by atoms with Gasteiger partial charge < -0.3 is 36.0 Å². The first-order chi connectivity index (χ1) is 9.76. The smallest absolute Gasteiger partial charge is 0.328 e. The molecule has 1 fully saturated rings. The molecule has 0 spiro atoms. The summed E-state index contributed by atoms with van der Waals surface area (Å²) >= 11 is 0. The highest BCUT2D eigenvalue weighted by atomic mass is 16.5. The van der Waals surface area contributed by atoms with Crippen LogP contribution in [0.3, 0.4) is 0 Å². The van der Waals surface area contributed by atoms with Crippen LogP contribution in [-0.4, -0.2) is 92.1 Å². The fourth-order valence-corrected chi connectivity index (χ4v) is 2.23. The van der Waals surface area contributed by atoms with Crippen molar-refractivity contribution >= 4 is 11.9 Å². The van der Waals surface area contributed by atoms with Crippen molar-refractivity contribution in [2.24, 2.45) is 5.73 Å². The zero-order chi connectivity index (χ0) is 16.3. The molecule has 0 aromatic heterocycles. The molecule has 1 aliphatic rings. The number of carboxylic acid groups (broad SMARTS) is 1. The molecule has 122 valence electrons. The summed E-state index contributed by atoms with van der Waals surface area (Å²) in [6, 6.07) is -2.93. The molecule has 10 heteroatoms. The van der Waals surface area contributed by atoms with Gasteiger partial charge in [0.05, 0.1) is 19.3 Å². The number of aliphatic carboxylic acids is 1. The number of rotatable bonds is 5. The van der Waals surface area contributed by atoms with Crippen LogP contribution in [0.25, 0.3) is 0 Å². The van der Waals surface area contributed by atoms with Crippen molar-refractivity contribution in [1.29, 1.82) is 0 Å². The van der Waals surface area contributed by atoms with Crippen LogP contribution in [0.15, 0.2) is 0 Å². The average Bonchev–Trinajstić information content (AvgIpc) is 2.42. The number of aliphatic hydroxyl groups is 4. The Morgan fingerprint density at radius 3 is 2.24 bits per heavy atom. The summed E-state index contributed by atoms with van der Waals surface area (Å²) in [4.78, 5) is 23.5. The van der Waals surface area contributed by atoms with Gasteiger partial charge in [0.2, 0.25) is 5.91 Å². The Morgan fingerprint density at radius 1 is 1.29 bits per heavy atom. The highest BCUT2D eigenvalue weighted by Gasteiger charge is 2.48. The van der Waals surface area contributed by atoms with Crippen molar-refractivity contribution in [3.63, 3.8) is 0 Å². The Bertz CT molecular complexity index is 390. The molecule has 21 heavy (non-hydrogen) atoms. The predicted molar refractivity (Wildman–Crippen MR) is 66.8 cm³/mol. The minimum atomic E-state index is -1.62. The second-order valence-corrected chi connectivity index (χ2v) is 4.77. The molecular weight excluding hydrogens is 288 g/mol. The maximum Gasteiger partial charge on any atom is 0.328 e. The Morgan fingerprint density at radius 2 is 1.86 bits per heavy atom. The highest BCUT2D eigenvalue weighted by Crippen LogP contribution is 2.24. The lowest BCUT2D eigenvalue weighted by Crippen LogP contribution is -2.69. The summed E-state index contributed by atoms with van der Waals surface area (Å²) < 4.78 is 5.23. The molecule has 1 heterocycles. The van der Waals surface area contributed by atoms with Crippen molar-refractivity contribution < 1.29 is 39.9 Å². The molecule has 1 aliphatic heterocycles. The quantitative estimate of drug-likeness (QED) is 0.296. The molecule has 1 amide bonds. The van der Waals surface area contributed by atoms with E-state index in [-0.39, 0.29) is 0 Å². The lowest BCUT2D eigenvalue weighted by atomic mass is 9.95. The minimum absolute atomic E-state index is 0.663. The van der Waals surface area contributed by atoms with E-state index in [4.69, 9.17) is 25.8 Å². The molecule has 7 N–H and O–H groups in total. The maximum atomic E-state index is 11.7. The van der Waals surface area contributed by atoms with Crippen LogP contribution in [0, 0.1) is 0 Å². The molecule has 6 atom stereocenters. The lowest BCUT2D eigenvalue weighted by molar-refractivity contribution is -0.233. The molecule has 0 saturated carbocycles. The van der Waals surface area contributed by atoms with Gasteiger partial charge in [-0.3, -0.25) is 9.69 Å². The Labute approximate surface area is 120 Å². The zero-order valence-corrected chi connectivity index (χ0v) is 11.4. The number of ether oxygens (including phenoxy) is 1.